The van der Waals surface area contributed by atoms with Crippen molar-refractivity contribution >= 4 is 38.5 Å². The highest BCUT2D eigenvalue weighted by Gasteiger charge is 2.35. The van der Waals surface area contributed by atoms with E-state index in [-0.39, 0.29) is 35.9 Å². The van der Waals surface area contributed by atoms with Crippen LogP contribution < -0.4 is 10.1 Å². The molecule has 2 N–H and O–H groups in total. The number of rotatable bonds is 8. The third kappa shape index (κ3) is 5.79. The van der Waals surface area contributed by atoms with E-state index < -0.39 is 15.9 Å². The molecule has 1 aliphatic heterocycles. The van der Waals surface area contributed by atoms with Crippen molar-refractivity contribution < 1.29 is 17.9 Å². The Hall–Kier alpha value is -5.02. The first kappa shape index (κ1) is 30.0. The molecular formula is C30H32N10O4S. The van der Waals surface area contributed by atoms with Gasteiger partial charge in [0.25, 0.3) is 11.9 Å². The van der Waals surface area contributed by atoms with Gasteiger partial charge in [0, 0.05) is 25.4 Å². The number of pyridine rings is 1. The summed E-state index contributed by atoms with van der Waals surface area (Å²) in [6, 6.07) is 12.7. The molecule has 0 fully saturated rings. The van der Waals surface area contributed by atoms with Crippen molar-refractivity contribution in [1.82, 2.24) is 44.9 Å². The number of aromatic nitrogens is 8. The van der Waals surface area contributed by atoms with E-state index in [1.54, 1.807) is 6.07 Å². The quantitative estimate of drug-likeness (QED) is 0.242. The number of anilines is 1. The Kier molecular flexibility index (Phi) is 8.12. The van der Waals surface area contributed by atoms with Crippen LogP contribution in [0.3, 0.4) is 0 Å². The third-order valence-corrected chi connectivity index (χ3v) is 9.71. The van der Waals surface area contributed by atoms with Crippen LogP contribution in [0.25, 0.3) is 16.6 Å². The number of aryl methyl sites for hydroxylation is 3. The summed E-state index contributed by atoms with van der Waals surface area (Å²) in [6.45, 7) is 8.73. The minimum Gasteiger partial charge on any atom is -0.472 e. The van der Waals surface area contributed by atoms with Crippen LogP contribution >= 0.6 is 0 Å². The normalized spacial score (nSPS) is 16.6. The van der Waals surface area contributed by atoms with E-state index in [1.807, 2.05) is 62.7 Å². The van der Waals surface area contributed by atoms with Gasteiger partial charge in [-0.3, -0.25) is 10.1 Å². The minimum atomic E-state index is -3.92. The second kappa shape index (κ2) is 12.2. The first-order valence-electron chi connectivity index (χ1n) is 14.5. The molecular weight excluding hydrogens is 596 g/mol. The van der Waals surface area contributed by atoms with Crippen molar-refractivity contribution in [3.8, 4) is 5.88 Å². The fourth-order valence-electron chi connectivity index (χ4n) is 5.38. The topological polar surface area (TPSA) is 174 Å². The number of carbonyl (C=O) groups is 1. The van der Waals surface area contributed by atoms with E-state index in [2.05, 4.69) is 41.2 Å². The first-order chi connectivity index (χ1) is 21.7. The Labute approximate surface area is 259 Å². The molecule has 0 radical (unpaired) electrons. The van der Waals surface area contributed by atoms with Gasteiger partial charge in [0.15, 0.2) is 0 Å². The zero-order valence-corrected chi connectivity index (χ0v) is 26.0. The van der Waals surface area contributed by atoms with E-state index in [4.69, 9.17) is 4.74 Å². The predicted octanol–water partition coefficient (Wildman–Crippen LogP) is 3.41. The summed E-state index contributed by atoms with van der Waals surface area (Å²) in [4.78, 5) is 17.5. The van der Waals surface area contributed by atoms with Gasteiger partial charge in [0.2, 0.25) is 15.9 Å². The first-order valence-corrected chi connectivity index (χ1v) is 15.9. The van der Waals surface area contributed by atoms with Gasteiger partial charge in [0.1, 0.15) is 16.5 Å². The van der Waals surface area contributed by atoms with Gasteiger partial charge in [-0.1, -0.05) is 35.4 Å². The van der Waals surface area contributed by atoms with Gasteiger partial charge >= 0.3 is 0 Å². The van der Waals surface area contributed by atoms with Gasteiger partial charge in [-0.15, -0.1) is 10.2 Å². The molecule has 4 heterocycles. The van der Waals surface area contributed by atoms with Crippen molar-refractivity contribution in [3.05, 3.63) is 82.6 Å². The zero-order valence-electron chi connectivity index (χ0n) is 25.2. The van der Waals surface area contributed by atoms with Crippen molar-refractivity contribution in [2.45, 2.75) is 58.2 Å². The van der Waals surface area contributed by atoms with Crippen molar-refractivity contribution in [2.75, 3.05) is 11.9 Å². The summed E-state index contributed by atoms with van der Waals surface area (Å²) in [5.74, 6) is -0.319. The van der Waals surface area contributed by atoms with Crippen LogP contribution in [0.2, 0.25) is 0 Å². The van der Waals surface area contributed by atoms with E-state index >= 15 is 0 Å². The number of H-pyrrole nitrogens is 1. The van der Waals surface area contributed by atoms with E-state index in [9.17, 15) is 13.2 Å². The molecule has 6 rings (SSSR count). The van der Waals surface area contributed by atoms with Crippen LogP contribution in [0.15, 0.2) is 59.6 Å². The van der Waals surface area contributed by atoms with Gasteiger partial charge in [0.05, 0.1) is 12.1 Å². The number of carbonyl (C=O) groups excluding carboxylic acids is 1. The molecule has 0 aliphatic carbocycles. The molecule has 0 unspecified atom stereocenters. The van der Waals surface area contributed by atoms with Gasteiger partial charge in [-0.05, 0) is 90.1 Å². The predicted molar refractivity (Wildman–Crippen MR) is 166 cm³/mol. The highest BCUT2D eigenvalue weighted by molar-refractivity contribution is 7.89. The lowest BCUT2D eigenvalue weighted by Gasteiger charge is -2.23. The van der Waals surface area contributed by atoms with Gasteiger partial charge in [-0.2, -0.15) is 9.52 Å². The maximum Gasteiger partial charge on any atom is 0.270 e. The molecule has 232 valence electrons. The Balaban J connectivity index is 1.44. The molecule has 0 spiro atoms. The Morgan fingerprint density at radius 3 is 2.76 bits per heavy atom. The van der Waals surface area contributed by atoms with Crippen molar-refractivity contribution in [1.29, 1.82) is 0 Å². The standard InChI is InChI=1S/C30H32N10O4S/c1-5-22-17-39(45(42,43)26-8-7-13-31-29(26)44-22)16-21-14-20(10-9-18(21)3)24(15-27(41)32-30-34-36-37-35-30)23-11-12-25-28(19(23)4)33-38-40(25)6-2/h7-15,22H,5-6,16-17H2,1-4H3,(H2,32,34,35,36,37,41)/t22-/m1/s1. The Morgan fingerprint density at radius 2 is 2.00 bits per heavy atom. The highest BCUT2D eigenvalue weighted by atomic mass is 32.2. The third-order valence-electron chi connectivity index (χ3n) is 7.89. The van der Waals surface area contributed by atoms with Crippen LogP contribution in [0.5, 0.6) is 5.88 Å². The number of fused-ring (bicyclic) bond motifs is 2. The SMILES string of the molecule is CC[C@@H]1CN(Cc2cc(C(=CC(=O)Nc3nn[nH]n3)c3ccc4c(nnn4CC)c3C)ccc2C)S(=O)(=O)c2cccnc2O1. The smallest absolute Gasteiger partial charge is 0.270 e. The second-order valence-corrected chi connectivity index (χ2v) is 12.6. The summed E-state index contributed by atoms with van der Waals surface area (Å²) < 4.78 is 36.9. The Bertz CT molecular complexity index is 2020. The van der Waals surface area contributed by atoms with Crippen LogP contribution in [0.4, 0.5) is 5.95 Å². The lowest BCUT2D eigenvalue weighted by molar-refractivity contribution is -0.111. The van der Waals surface area contributed by atoms with Gasteiger partial charge in [-0.25, -0.2) is 18.1 Å². The zero-order chi connectivity index (χ0) is 31.7. The molecule has 3 aromatic heterocycles. The molecule has 15 heteroatoms. The van der Waals surface area contributed by atoms with Crippen LogP contribution in [-0.4, -0.2) is 71.9 Å². The molecule has 1 amide bonds. The summed E-state index contributed by atoms with van der Waals surface area (Å²) in [7, 11) is -3.92. The molecule has 0 saturated heterocycles. The van der Waals surface area contributed by atoms with Gasteiger partial charge < -0.3 is 4.74 Å². The molecule has 0 bridgehead atoms. The van der Waals surface area contributed by atoms with Crippen LogP contribution in [0, 0.1) is 13.8 Å². The summed E-state index contributed by atoms with van der Waals surface area (Å²) in [5, 5.41) is 24.7. The van der Waals surface area contributed by atoms with Crippen molar-refractivity contribution in [3.63, 3.8) is 0 Å². The van der Waals surface area contributed by atoms with E-state index in [0.717, 1.165) is 33.3 Å². The molecule has 2 aromatic carbocycles. The van der Waals surface area contributed by atoms with E-state index in [0.29, 0.717) is 24.1 Å². The molecule has 1 aliphatic rings. The van der Waals surface area contributed by atoms with Crippen molar-refractivity contribution in [2.24, 2.45) is 0 Å². The number of benzene rings is 2. The maximum atomic E-state index is 13.8. The number of tetrazole rings is 1. The largest absolute Gasteiger partial charge is 0.472 e. The summed E-state index contributed by atoms with van der Waals surface area (Å²) >= 11 is 0. The number of ether oxygens (including phenoxy) is 1. The maximum absolute atomic E-state index is 13.8. The van der Waals surface area contributed by atoms with Crippen LogP contribution in [0.1, 0.15) is 48.1 Å². The monoisotopic (exact) mass is 628 g/mol. The van der Waals surface area contributed by atoms with E-state index in [1.165, 1.54) is 22.6 Å². The summed E-state index contributed by atoms with van der Waals surface area (Å²) in [5.41, 5.74) is 6.20. The second-order valence-electron chi connectivity index (χ2n) is 10.7. The summed E-state index contributed by atoms with van der Waals surface area (Å²) in [6.07, 6.45) is 3.23. The number of hydrogen-bond donors (Lipinski definition) is 2. The number of nitrogens with zero attached hydrogens (tertiary/aromatic N) is 8. The highest BCUT2D eigenvalue weighted by Crippen LogP contribution is 2.34. The number of sulfonamides is 1. The Morgan fingerprint density at radius 1 is 1.16 bits per heavy atom. The average Bonchev–Trinajstić information content (AvgIpc) is 3.68. The lowest BCUT2D eigenvalue weighted by atomic mass is 9.91. The number of amides is 1. The average molecular weight is 629 g/mol. The molecule has 0 saturated carbocycles. The fraction of sp³-hybridized carbons (Fsp3) is 0.300. The molecule has 5 aromatic rings. The number of hydrogen-bond acceptors (Lipinski definition) is 10. The van der Waals surface area contributed by atoms with Crippen LogP contribution in [-0.2, 0) is 27.9 Å². The fourth-order valence-corrected chi connectivity index (χ4v) is 6.90. The lowest BCUT2D eigenvalue weighted by Crippen LogP contribution is -2.36. The number of nitrogens with one attached hydrogen (secondary N) is 2. The minimum absolute atomic E-state index is 0.0343. The molecule has 14 nitrogen and oxygen atoms in total. The number of aromatic amines is 1. The molecule has 45 heavy (non-hydrogen) atoms. The molecule has 1 atom stereocenters.